The van der Waals surface area contributed by atoms with E-state index in [1.807, 2.05) is 6.07 Å². The molecule has 24 heavy (non-hydrogen) atoms. The molecule has 0 saturated carbocycles. The van der Waals surface area contributed by atoms with Gasteiger partial charge >= 0.3 is 0 Å². The first-order chi connectivity index (χ1) is 11.7. The Bertz CT molecular complexity index is 558. The minimum absolute atomic E-state index is 0.549. The lowest BCUT2D eigenvalue weighted by atomic mass is 9.71. The fraction of sp³-hybridized carbons (Fsp3) is 0.765. The van der Waals surface area contributed by atoms with Crippen molar-refractivity contribution in [3.05, 3.63) is 6.07 Å². The number of rotatable bonds is 2. The molecule has 0 atom stereocenters. The van der Waals surface area contributed by atoms with E-state index in [0.717, 1.165) is 51.2 Å². The number of piperidine rings is 2. The van der Waals surface area contributed by atoms with Crippen molar-refractivity contribution in [2.45, 2.75) is 25.7 Å². The lowest BCUT2D eigenvalue weighted by molar-refractivity contribution is 0.122. The zero-order valence-corrected chi connectivity index (χ0v) is 14.3. The molecule has 4 rings (SSSR count). The summed E-state index contributed by atoms with van der Waals surface area (Å²) >= 11 is 0. The Hall–Kier alpha value is -1.60. The van der Waals surface area contributed by atoms with Crippen molar-refractivity contribution in [3.63, 3.8) is 0 Å². The highest BCUT2D eigenvalue weighted by molar-refractivity contribution is 5.52. The number of nitrogens with one attached hydrogen (secondary N) is 1. The fourth-order valence-electron chi connectivity index (χ4n) is 4.17. The van der Waals surface area contributed by atoms with Crippen LogP contribution in [0.5, 0.6) is 0 Å². The molecular weight excluding hydrogens is 304 g/mol. The maximum atomic E-state index is 6.07. The molecule has 132 valence electrons. The van der Waals surface area contributed by atoms with E-state index in [1.54, 1.807) is 0 Å². The monoisotopic (exact) mass is 332 g/mol. The molecule has 3 fully saturated rings. The quantitative estimate of drug-likeness (QED) is 0.832. The minimum Gasteiger partial charge on any atom is -0.383 e. The van der Waals surface area contributed by atoms with Crippen LogP contribution >= 0.6 is 0 Å². The van der Waals surface area contributed by atoms with Crippen LogP contribution in [0, 0.1) is 5.41 Å². The molecule has 1 aromatic rings. The smallest absolute Gasteiger partial charge is 0.229 e. The highest BCUT2D eigenvalue weighted by Gasteiger charge is 2.36. The second-order valence-electron chi connectivity index (χ2n) is 7.29. The summed E-state index contributed by atoms with van der Waals surface area (Å²) in [5.41, 5.74) is 6.61. The van der Waals surface area contributed by atoms with Gasteiger partial charge in [0.1, 0.15) is 11.6 Å². The number of nitrogen functional groups attached to an aromatic ring is 1. The Labute approximate surface area is 143 Å². The van der Waals surface area contributed by atoms with Gasteiger partial charge in [-0.3, -0.25) is 0 Å². The lowest BCUT2D eigenvalue weighted by Gasteiger charge is -2.44. The summed E-state index contributed by atoms with van der Waals surface area (Å²) < 4.78 is 5.42. The van der Waals surface area contributed by atoms with Crippen LogP contribution in [-0.2, 0) is 4.74 Å². The highest BCUT2D eigenvalue weighted by Crippen LogP contribution is 2.40. The third-order valence-electron chi connectivity index (χ3n) is 5.83. The summed E-state index contributed by atoms with van der Waals surface area (Å²) in [5.74, 6) is 2.28. The number of hydrogen-bond acceptors (Lipinski definition) is 7. The SMILES string of the molecule is Nc1cc(N2CCC3(CCNCC3)CC2)nc(N2CCOCC2)n1. The van der Waals surface area contributed by atoms with Gasteiger partial charge in [-0.25, -0.2) is 0 Å². The van der Waals surface area contributed by atoms with Gasteiger partial charge < -0.3 is 25.6 Å². The molecule has 3 aliphatic rings. The Kier molecular flexibility index (Phi) is 4.45. The molecule has 0 unspecified atom stereocenters. The number of morpholine rings is 1. The number of nitrogens with zero attached hydrogens (tertiary/aromatic N) is 4. The maximum Gasteiger partial charge on any atom is 0.229 e. The van der Waals surface area contributed by atoms with Crippen LogP contribution in [0.25, 0.3) is 0 Å². The molecule has 0 radical (unpaired) electrons. The largest absolute Gasteiger partial charge is 0.383 e. The van der Waals surface area contributed by atoms with Crippen LogP contribution in [0.15, 0.2) is 6.07 Å². The Balaban J connectivity index is 1.47. The predicted octanol–water partition coefficient (Wildman–Crippen LogP) is 0.865. The molecule has 0 amide bonds. The molecule has 0 aromatic carbocycles. The number of hydrogen-bond donors (Lipinski definition) is 2. The lowest BCUT2D eigenvalue weighted by Crippen LogP contribution is -2.46. The van der Waals surface area contributed by atoms with Gasteiger partial charge in [0.2, 0.25) is 5.95 Å². The van der Waals surface area contributed by atoms with Gasteiger partial charge in [-0.15, -0.1) is 0 Å². The van der Waals surface area contributed by atoms with Gasteiger partial charge in [-0.05, 0) is 44.2 Å². The number of aromatic nitrogens is 2. The van der Waals surface area contributed by atoms with Crippen LogP contribution in [-0.4, -0.2) is 62.5 Å². The highest BCUT2D eigenvalue weighted by atomic mass is 16.5. The first-order valence-corrected chi connectivity index (χ1v) is 9.17. The average Bonchev–Trinajstić information content (AvgIpc) is 2.63. The Morgan fingerprint density at radius 1 is 0.958 bits per heavy atom. The van der Waals surface area contributed by atoms with Gasteiger partial charge in [0.25, 0.3) is 0 Å². The third-order valence-corrected chi connectivity index (χ3v) is 5.83. The Morgan fingerprint density at radius 3 is 2.38 bits per heavy atom. The summed E-state index contributed by atoms with van der Waals surface area (Å²) in [6.07, 6.45) is 5.13. The second kappa shape index (κ2) is 6.72. The molecule has 3 N–H and O–H groups in total. The summed E-state index contributed by atoms with van der Waals surface area (Å²) in [4.78, 5) is 13.8. The van der Waals surface area contributed by atoms with Crippen molar-refractivity contribution < 1.29 is 4.74 Å². The molecule has 3 aliphatic heterocycles. The van der Waals surface area contributed by atoms with E-state index in [-0.39, 0.29) is 0 Å². The first kappa shape index (κ1) is 15.9. The normalized spacial score (nSPS) is 24.3. The molecule has 7 heteroatoms. The van der Waals surface area contributed by atoms with E-state index in [1.165, 1.54) is 38.8 Å². The van der Waals surface area contributed by atoms with Crippen molar-refractivity contribution in [2.75, 3.05) is 68.0 Å². The van der Waals surface area contributed by atoms with Crippen LogP contribution in [0.1, 0.15) is 25.7 Å². The molecular formula is C17H28N6O. The van der Waals surface area contributed by atoms with Crippen LogP contribution in [0.4, 0.5) is 17.6 Å². The van der Waals surface area contributed by atoms with Gasteiger partial charge in [0, 0.05) is 32.2 Å². The summed E-state index contributed by atoms with van der Waals surface area (Å²) in [5, 5.41) is 3.48. The minimum atomic E-state index is 0.549. The predicted molar refractivity (Wildman–Crippen MR) is 95.5 cm³/mol. The van der Waals surface area contributed by atoms with Gasteiger partial charge in [0.15, 0.2) is 0 Å². The van der Waals surface area contributed by atoms with Crippen LogP contribution in [0.2, 0.25) is 0 Å². The number of nitrogens with two attached hydrogens (primary N) is 1. The van der Waals surface area contributed by atoms with E-state index in [0.29, 0.717) is 11.2 Å². The second-order valence-corrected chi connectivity index (χ2v) is 7.29. The van der Waals surface area contributed by atoms with Crippen molar-refractivity contribution in [1.82, 2.24) is 15.3 Å². The molecule has 1 spiro atoms. The topological polar surface area (TPSA) is 79.5 Å². The average molecular weight is 332 g/mol. The van der Waals surface area contributed by atoms with Crippen LogP contribution < -0.4 is 20.9 Å². The van der Waals surface area contributed by atoms with Crippen molar-refractivity contribution in [3.8, 4) is 0 Å². The van der Waals surface area contributed by atoms with Gasteiger partial charge in [0.05, 0.1) is 13.2 Å². The standard InChI is InChI=1S/C17H28N6O/c18-14-13-15(21-16(20-14)23-9-11-24-12-10-23)22-7-3-17(4-8-22)1-5-19-6-2-17/h13,19H,1-12H2,(H2,18,20,21). The first-order valence-electron chi connectivity index (χ1n) is 9.17. The van der Waals surface area contributed by atoms with Crippen molar-refractivity contribution >= 4 is 17.6 Å². The van der Waals surface area contributed by atoms with E-state index >= 15 is 0 Å². The third kappa shape index (κ3) is 3.28. The molecule has 4 heterocycles. The van der Waals surface area contributed by atoms with Crippen molar-refractivity contribution in [1.29, 1.82) is 0 Å². The van der Waals surface area contributed by atoms with E-state index in [9.17, 15) is 0 Å². The summed E-state index contributed by atoms with van der Waals surface area (Å²) in [7, 11) is 0. The van der Waals surface area contributed by atoms with Crippen LogP contribution in [0.3, 0.4) is 0 Å². The zero-order valence-electron chi connectivity index (χ0n) is 14.3. The van der Waals surface area contributed by atoms with E-state index in [2.05, 4.69) is 20.1 Å². The summed E-state index contributed by atoms with van der Waals surface area (Å²) in [6.45, 7) is 7.60. The zero-order chi connectivity index (χ0) is 16.4. The number of anilines is 3. The molecule has 7 nitrogen and oxygen atoms in total. The molecule has 0 aliphatic carbocycles. The maximum absolute atomic E-state index is 6.07. The Morgan fingerprint density at radius 2 is 1.67 bits per heavy atom. The molecule has 0 bridgehead atoms. The van der Waals surface area contributed by atoms with Gasteiger partial charge in [-0.1, -0.05) is 0 Å². The molecule has 1 aromatic heterocycles. The molecule has 3 saturated heterocycles. The fourth-order valence-corrected chi connectivity index (χ4v) is 4.17. The summed E-state index contributed by atoms with van der Waals surface area (Å²) in [6, 6.07) is 1.92. The van der Waals surface area contributed by atoms with Crippen molar-refractivity contribution in [2.24, 2.45) is 5.41 Å². The number of ether oxygens (including phenoxy) is 1. The van der Waals surface area contributed by atoms with E-state index in [4.69, 9.17) is 15.5 Å². The van der Waals surface area contributed by atoms with Gasteiger partial charge in [-0.2, -0.15) is 9.97 Å². The van der Waals surface area contributed by atoms with E-state index < -0.39 is 0 Å².